The van der Waals surface area contributed by atoms with Crippen LogP contribution in [-0.4, -0.2) is 33.7 Å². The molecule has 0 spiro atoms. The lowest BCUT2D eigenvalue weighted by Gasteiger charge is -2.21. The monoisotopic (exact) mass is 376 g/mol. The molecular weight excluding hydrogens is 352 g/mol. The van der Waals surface area contributed by atoms with Gasteiger partial charge in [-0.15, -0.1) is 0 Å². The van der Waals surface area contributed by atoms with Crippen molar-refractivity contribution < 1.29 is 17.9 Å². The van der Waals surface area contributed by atoms with Crippen LogP contribution in [-0.2, 0) is 14.6 Å². The van der Waals surface area contributed by atoms with Gasteiger partial charge in [0, 0.05) is 18.7 Å². The lowest BCUT2D eigenvalue weighted by molar-refractivity contribution is -0.121. The molecule has 2 atom stereocenters. The number of methoxy groups -OCH3 is 1. The van der Waals surface area contributed by atoms with Crippen LogP contribution >= 0.6 is 0 Å². The van der Waals surface area contributed by atoms with E-state index in [2.05, 4.69) is 5.32 Å². The molecule has 7 heteroatoms. The molecule has 2 rings (SSSR count). The zero-order valence-electron chi connectivity index (χ0n) is 15.1. The normalized spacial score (nSPS) is 13.7. The van der Waals surface area contributed by atoms with E-state index >= 15 is 0 Å². The first kappa shape index (κ1) is 19.9. The zero-order valence-corrected chi connectivity index (χ0v) is 15.9. The summed E-state index contributed by atoms with van der Waals surface area (Å²) in [6, 6.07) is 13.1. The van der Waals surface area contributed by atoms with Crippen LogP contribution in [0, 0.1) is 0 Å². The van der Waals surface area contributed by atoms with Gasteiger partial charge in [-0.25, -0.2) is 8.42 Å². The Hall–Kier alpha value is -2.38. The number of nitrogens with one attached hydrogen (secondary N) is 1. The summed E-state index contributed by atoms with van der Waals surface area (Å²) in [5.41, 5.74) is 7.20. The minimum Gasteiger partial charge on any atom is -0.497 e. The van der Waals surface area contributed by atoms with Gasteiger partial charge in [0.2, 0.25) is 5.91 Å². The van der Waals surface area contributed by atoms with Gasteiger partial charge in [-0.1, -0.05) is 24.3 Å². The van der Waals surface area contributed by atoms with E-state index in [-0.39, 0.29) is 23.3 Å². The van der Waals surface area contributed by atoms with Crippen LogP contribution in [0.5, 0.6) is 5.75 Å². The number of nitrogens with two attached hydrogens (primary N) is 1. The summed E-state index contributed by atoms with van der Waals surface area (Å²) in [5, 5.41) is 2.94. The van der Waals surface area contributed by atoms with E-state index in [0.29, 0.717) is 11.3 Å². The van der Waals surface area contributed by atoms with Gasteiger partial charge in [-0.2, -0.15) is 0 Å². The molecule has 0 fully saturated rings. The minimum atomic E-state index is -3.35. The van der Waals surface area contributed by atoms with Gasteiger partial charge in [0.25, 0.3) is 0 Å². The molecule has 0 aliphatic heterocycles. The third kappa shape index (κ3) is 5.31. The topological polar surface area (TPSA) is 98.5 Å². The van der Waals surface area contributed by atoms with Crippen LogP contribution in [0.3, 0.4) is 0 Å². The SMILES string of the molecule is COc1ccc(C(NC(=O)CC(C)N)c2cccc(S(C)(=O)=O)c2)cc1. The van der Waals surface area contributed by atoms with Gasteiger partial charge in [0.05, 0.1) is 18.0 Å². The molecule has 0 heterocycles. The van der Waals surface area contributed by atoms with Gasteiger partial charge in [-0.3, -0.25) is 4.79 Å². The second kappa shape index (κ2) is 8.33. The zero-order chi connectivity index (χ0) is 19.3. The predicted molar refractivity (Wildman–Crippen MR) is 101 cm³/mol. The minimum absolute atomic E-state index is 0.179. The van der Waals surface area contributed by atoms with Crippen molar-refractivity contribution in [3.63, 3.8) is 0 Å². The van der Waals surface area contributed by atoms with Crippen molar-refractivity contribution in [1.29, 1.82) is 0 Å². The smallest absolute Gasteiger partial charge is 0.222 e. The fraction of sp³-hybridized carbons (Fsp3) is 0.316. The first-order valence-electron chi connectivity index (χ1n) is 8.19. The number of hydrogen-bond acceptors (Lipinski definition) is 5. The maximum Gasteiger partial charge on any atom is 0.222 e. The van der Waals surface area contributed by atoms with E-state index in [9.17, 15) is 13.2 Å². The molecule has 0 saturated carbocycles. The second-order valence-electron chi connectivity index (χ2n) is 6.30. The Kier molecular flexibility index (Phi) is 6.39. The predicted octanol–water partition coefficient (Wildman–Crippen LogP) is 2.04. The highest BCUT2D eigenvalue weighted by atomic mass is 32.2. The fourth-order valence-electron chi connectivity index (χ4n) is 2.59. The van der Waals surface area contributed by atoms with Gasteiger partial charge in [0.15, 0.2) is 9.84 Å². The Balaban J connectivity index is 2.44. The Morgan fingerprint density at radius 2 is 1.81 bits per heavy atom. The summed E-state index contributed by atoms with van der Waals surface area (Å²) in [7, 11) is -1.78. The summed E-state index contributed by atoms with van der Waals surface area (Å²) in [5.74, 6) is 0.491. The molecule has 26 heavy (non-hydrogen) atoms. The molecular formula is C19H24N2O4S. The second-order valence-corrected chi connectivity index (χ2v) is 8.32. The molecule has 0 aromatic heterocycles. The van der Waals surface area contributed by atoms with Crippen molar-refractivity contribution in [3.05, 3.63) is 59.7 Å². The Morgan fingerprint density at radius 3 is 2.35 bits per heavy atom. The van der Waals surface area contributed by atoms with Crippen molar-refractivity contribution in [3.8, 4) is 5.75 Å². The highest BCUT2D eigenvalue weighted by Crippen LogP contribution is 2.26. The molecule has 0 aliphatic rings. The van der Waals surface area contributed by atoms with Crippen molar-refractivity contribution in [2.24, 2.45) is 5.73 Å². The highest BCUT2D eigenvalue weighted by Gasteiger charge is 2.19. The average molecular weight is 376 g/mol. The first-order chi connectivity index (χ1) is 12.2. The summed E-state index contributed by atoms with van der Waals surface area (Å²) in [6.45, 7) is 1.76. The van der Waals surface area contributed by atoms with Crippen LogP contribution in [0.25, 0.3) is 0 Å². The molecule has 1 amide bonds. The molecule has 0 radical (unpaired) electrons. The van der Waals surface area contributed by atoms with E-state index in [1.54, 1.807) is 44.4 Å². The van der Waals surface area contributed by atoms with Gasteiger partial charge in [-0.05, 0) is 42.3 Å². The molecule has 0 aliphatic carbocycles. The van der Waals surface area contributed by atoms with E-state index in [1.807, 2.05) is 12.1 Å². The molecule has 6 nitrogen and oxygen atoms in total. The number of carbonyl (C=O) groups is 1. The molecule has 0 saturated heterocycles. The van der Waals surface area contributed by atoms with Crippen molar-refractivity contribution in [1.82, 2.24) is 5.32 Å². The molecule has 140 valence electrons. The lowest BCUT2D eigenvalue weighted by atomic mass is 9.98. The van der Waals surface area contributed by atoms with Crippen molar-refractivity contribution in [2.75, 3.05) is 13.4 Å². The third-order valence-electron chi connectivity index (χ3n) is 3.88. The molecule has 3 N–H and O–H groups in total. The van der Waals surface area contributed by atoms with Gasteiger partial charge < -0.3 is 15.8 Å². The molecule has 0 bridgehead atoms. The third-order valence-corrected chi connectivity index (χ3v) is 4.99. The first-order valence-corrected chi connectivity index (χ1v) is 10.1. The van der Waals surface area contributed by atoms with Gasteiger partial charge >= 0.3 is 0 Å². The van der Waals surface area contributed by atoms with Gasteiger partial charge in [0.1, 0.15) is 5.75 Å². The van der Waals surface area contributed by atoms with E-state index in [1.165, 1.54) is 6.07 Å². The summed E-state index contributed by atoms with van der Waals surface area (Å²) in [6.07, 6.45) is 1.33. The highest BCUT2D eigenvalue weighted by molar-refractivity contribution is 7.90. The number of carbonyl (C=O) groups excluding carboxylic acids is 1. The average Bonchev–Trinajstić information content (AvgIpc) is 2.58. The number of sulfone groups is 1. The number of rotatable bonds is 7. The number of hydrogen-bond donors (Lipinski definition) is 2. The van der Waals surface area contributed by atoms with Crippen LogP contribution < -0.4 is 15.8 Å². The Morgan fingerprint density at radius 1 is 1.15 bits per heavy atom. The molecule has 2 aromatic rings. The standard InChI is InChI=1S/C19H24N2O4S/c1-13(20)11-18(22)21-19(14-7-9-16(25-2)10-8-14)15-5-4-6-17(12-15)26(3,23)24/h4-10,12-13,19H,11,20H2,1-3H3,(H,21,22). The maximum absolute atomic E-state index is 12.3. The maximum atomic E-state index is 12.3. The van der Waals surface area contributed by atoms with E-state index < -0.39 is 15.9 Å². The summed E-state index contributed by atoms with van der Waals surface area (Å²) >= 11 is 0. The van der Waals surface area contributed by atoms with Crippen LogP contribution in [0.4, 0.5) is 0 Å². The quantitative estimate of drug-likeness (QED) is 0.770. The van der Waals surface area contributed by atoms with Crippen LogP contribution in [0.1, 0.15) is 30.5 Å². The Labute approximate surface area is 154 Å². The van der Waals surface area contributed by atoms with Crippen LogP contribution in [0.2, 0.25) is 0 Å². The fourth-order valence-corrected chi connectivity index (χ4v) is 3.27. The molecule has 2 unspecified atom stereocenters. The van der Waals surface area contributed by atoms with E-state index in [4.69, 9.17) is 10.5 Å². The van der Waals surface area contributed by atoms with E-state index in [0.717, 1.165) is 11.8 Å². The van der Waals surface area contributed by atoms with Crippen molar-refractivity contribution >= 4 is 15.7 Å². The summed E-state index contributed by atoms with van der Waals surface area (Å²) in [4.78, 5) is 12.5. The number of ether oxygens (including phenoxy) is 1. The Bertz CT molecular complexity index is 861. The number of amides is 1. The molecule has 2 aromatic carbocycles. The van der Waals surface area contributed by atoms with Crippen molar-refractivity contribution in [2.45, 2.75) is 30.3 Å². The van der Waals surface area contributed by atoms with Crippen LogP contribution in [0.15, 0.2) is 53.4 Å². The lowest BCUT2D eigenvalue weighted by Crippen LogP contribution is -2.33. The largest absolute Gasteiger partial charge is 0.497 e. The summed E-state index contributed by atoms with van der Waals surface area (Å²) < 4.78 is 28.9. The number of benzene rings is 2.